The van der Waals surface area contributed by atoms with Crippen LogP contribution in [-0.2, 0) is 67.8 Å². The average molecular weight is 931 g/mol. The van der Waals surface area contributed by atoms with Gasteiger partial charge in [0, 0.05) is 13.2 Å². The number of ether oxygens (including phenoxy) is 6. The molecule has 0 radical (unpaired) electrons. The van der Waals surface area contributed by atoms with Gasteiger partial charge < -0.3 is 28.4 Å². The first kappa shape index (κ1) is 59.6. The van der Waals surface area contributed by atoms with Crippen LogP contribution in [0.5, 0.6) is 0 Å². The molecular formula is C44H82O16S2. The fraction of sp³-hybridized carbons (Fsp3) is 0.909. The van der Waals surface area contributed by atoms with E-state index < -0.39 is 67.5 Å². The summed E-state index contributed by atoms with van der Waals surface area (Å²) in [6.45, 7) is 4.94. The van der Waals surface area contributed by atoms with E-state index in [0.29, 0.717) is 26.1 Å². The quantitative estimate of drug-likeness (QED) is 0.0252. The summed E-state index contributed by atoms with van der Waals surface area (Å²) in [5.41, 5.74) is 0. The van der Waals surface area contributed by atoms with Crippen LogP contribution in [-0.4, -0.2) is 113 Å². The second kappa shape index (κ2) is 40.2. The summed E-state index contributed by atoms with van der Waals surface area (Å²) in [6.07, 6.45) is 25.6. The molecule has 0 saturated heterocycles. The minimum absolute atomic E-state index is 0.0161. The molecular weight excluding hydrogens is 849 g/mol. The normalized spacial score (nSPS) is 12.8. The van der Waals surface area contributed by atoms with Gasteiger partial charge in [-0.05, 0) is 25.7 Å². The third kappa shape index (κ3) is 37.0. The number of hydrogen-bond acceptors (Lipinski definition) is 14. The lowest BCUT2D eigenvalue weighted by Gasteiger charge is -2.13. The minimum atomic E-state index is -4.89. The Bertz CT molecular complexity index is 1250. The first-order chi connectivity index (χ1) is 29.7. The van der Waals surface area contributed by atoms with Crippen molar-refractivity contribution < 1.29 is 73.5 Å². The molecule has 0 aromatic rings. The molecule has 0 fully saturated rings. The zero-order chi connectivity index (χ0) is 46.2. The van der Waals surface area contributed by atoms with E-state index in [9.17, 15) is 45.1 Å². The number of carbonyl (C=O) groups excluding carboxylic acids is 4. The van der Waals surface area contributed by atoms with E-state index in [1.807, 2.05) is 0 Å². The molecule has 2 atom stereocenters. The van der Waals surface area contributed by atoms with Crippen molar-refractivity contribution in [3.63, 3.8) is 0 Å². The molecule has 0 aliphatic rings. The molecule has 16 nitrogen and oxygen atoms in total. The van der Waals surface area contributed by atoms with E-state index in [1.54, 1.807) is 0 Å². The van der Waals surface area contributed by atoms with Crippen LogP contribution in [0.15, 0.2) is 0 Å². The van der Waals surface area contributed by atoms with Crippen molar-refractivity contribution in [1.29, 1.82) is 0 Å². The van der Waals surface area contributed by atoms with Crippen LogP contribution in [0.3, 0.4) is 0 Å². The first-order valence-electron chi connectivity index (χ1n) is 23.5. The summed E-state index contributed by atoms with van der Waals surface area (Å²) in [6, 6.07) is 0. The predicted octanol–water partition coefficient (Wildman–Crippen LogP) is 8.67. The molecule has 0 bridgehead atoms. The fourth-order valence-electron chi connectivity index (χ4n) is 6.50. The Kier molecular flexibility index (Phi) is 38.6. The standard InChI is InChI=1S/C44H82O16S2/c1-3-5-7-9-11-13-15-17-23-27-31-57-41(45)37-39(61(49,50)51)43(47)59-35-33-55-29-25-21-19-20-22-26-30-56-34-36-60-44(48)40(62(52,53)54)38-42(46)58-32-28-24-18-16-14-12-10-8-6-4-2/h39-40H,3-38H2,1-2H3,(H,49,50,51)(H,52,53,54). The number of carbonyl (C=O) groups is 4. The highest BCUT2D eigenvalue weighted by molar-refractivity contribution is 7.87. The smallest absolute Gasteiger partial charge is 0.327 e. The van der Waals surface area contributed by atoms with Crippen molar-refractivity contribution in [1.82, 2.24) is 0 Å². The summed E-state index contributed by atoms with van der Waals surface area (Å²) in [7, 11) is -9.77. The molecule has 2 unspecified atom stereocenters. The van der Waals surface area contributed by atoms with Gasteiger partial charge in [-0.1, -0.05) is 155 Å². The predicted molar refractivity (Wildman–Crippen MR) is 237 cm³/mol. The molecule has 366 valence electrons. The maximum atomic E-state index is 12.3. The Morgan fingerprint density at radius 1 is 0.355 bits per heavy atom. The highest BCUT2D eigenvalue weighted by atomic mass is 32.2. The molecule has 0 aromatic carbocycles. The topological polar surface area (TPSA) is 232 Å². The third-order valence-electron chi connectivity index (χ3n) is 10.2. The summed E-state index contributed by atoms with van der Waals surface area (Å²) >= 11 is 0. The molecule has 0 saturated carbocycles. The Labute approximate surface area is 373 Å². The lowest BCUT2D eigenvalue weighted by atomic mass is 10.1. The molecule has 0 aromatic heterocycles. The van der Waals surface area contributed by atoms with Crippen LogP contribution in [0.1, 0.15) is 194 Å². The number of hydrogen-bond donors (Lipinski definition) is 2. The molecule has 2 N–H and O–H groups in total. The van der Waals surface area contributed by atoms with E-state index in [1.165, 1.54) is 77.0 Å². The van der Waals surface area contributed by atoms with E-state index in [0.717, 1.165) is 77.0 Å². The molecule has 18 heteroatoms. The van der Waals surface area contributed by atoms with E-state index >= 15 is 0 Å². The minimum Gasteiger partial charge on any atom is -0.466 e. The maximum Gasteiger partial charge on any atom is 0.327 e. The lowest BCUT2D eigenvalue weighted by Crippen LogP contribution is -2.35. The van der Waals surface area contributed by atoms with Crippen molar-refractivity contribution in [2.24, 2.45) is 0 Å². The van der Waals surface area contributed by atoms with Gasteiger partial charge >= 0.3 is 23.9 Å². The highest BCUT2D eigenvalue weighted by Gasteiger charge is 2.36. The third-order valence-corrected chi connectivity index (χ3v) is 12.4. The maximum absolute atomic E-state index is 12.3. The van der Waals surface area contributed by atoms with Crippen molar-refractivity contribution in [3.05, 3.63) is 0 Å². The van der Waals surface area contributed by atoms with Crippen LogP contribution < -0.4 is 0 Å². The molecule has 62 heavy (non-hydrogen) atoms. The second-order valence-electron chi connectivity index (χ2n) is 15.9. The number of unbranched alkanes of at least 4 members (excludes halogenated alkanes) is 23. The Balaban J connectivity index is 3.93. The molecule has 0 aliphatic carbocycles. The largest absolute Gasteiger partial charge is 0.466 e. The summed E-state index contributed by atoms with van der Waals surface area (Å²) < 4.78 is 96.9. The number of rotatable bonds is 45. The van der Waals surface area contributed by atoms with E-state index in [2.05, 4.69) is 13.8 Å². The van der Waals surface area contributed by atoms with Crippen LogP contribution in [0.2, 0.25) is 0 Å². The number of esters is 4. The van der Waals surface area contributed by atoms with Crippen molar-refractivity contribution in [2.45, 2.75) is 204 Å². The summed E-state index contributed by atoms with van der Waals surface area (Å²) in [5.74, 6) is -4.29. The van der Waals surface area contributed by atoms with Gasteiger partial charge in [-0.15, -0.1) is 0 Å². The van der Waals surface area contributed by atoms with Gasteiger partial charge in [0.05, 0.1) is 39.3 Å². The zero-order valence-electron chi connectivity index (χ0n) is 38.0. The Morgan fingerprint density at radius 2 is 0.613 bits per heavy atom. The Hall–Kier alpha value is -2.38. The SMILES string of the molecule is CCCCCCCCCCCCOC(=O)CC(C(=O)OCCOCCCCCCCCOCCOC(=O)C(CC(=O)OCCCCCCCCCCCC)S(=O)(=O)O)S(=O)(=O)O. The van der Waals surface area contributed by atoms with E-state index in [4.69, 9.17) is 28.4 Å². The molecule has 0 rings (SSSR count). The monoisotopic (exact) mass is 931 g/mol. The van der Waals surface area contributed by atoms with Gasteiger partial charge in [-0.3, -0.25) is 28.3 Å². The van der Waals surface area contributed by atoms with Gasteiger partial charge in [0.15, 0.2) is 10.5 Å². The molecule has 0 heterocycles. The van der Waals surface area contributed by atoms with Crippen molar-refractivity contribution >= 4 is 44.1 Å². The highest BCUT2D eigenvalue weighted by Crippen LogP contribution is 2.14. The molecule has 0 aliphatic heterocycles. The van der Waals surface area contributed by atoms with Crippen LogP contribution >= 0.6 is 0 Å². The van der Waals surface area contributed by atoms with Crippen molar-refractivity contribution in [2.75, 3.05) is 52.9 Å². The Morgan fingerprint density at radius 3 is 0.887 bits per heavy atom. The fourth-order valence-corrected chi connectivity index (χ4v) is 7.82. The summed E-state index contributed by atoms with van der Waals surface area (Å²) in [5, 5.41) is -4.13. The van der Waals surface area contributed by atoms with Gasteiger partial charge in [-0.2, -0.15) is 16.8 Å². The van der Waals surface area contributed by atoms with Crippen molar-refractivity contribution in [3.8, 4) is 0 Å². The van der Waals surface area contributed by atoms with E-state index in [-0.39, 0.29) is 39.6 Å². The molecule has 0 amide bonds. The average Bonchev–Trinajstić information content (AvgIpc) is 3.21. The van der Waals surface area contributed by atoms with Gasteiger partial charge in [0.2, 0.25) is 0 Å². The first-order valence-corrected chi connectivity index (χ1v) is 26.5. The lowest BCUT2D eigenvalue weighted by molar-refractivity contribution is -0.150. The van der Waals surface area contributed by atoms with Gasteiger partial charge in [0.1, 0.15) is 13.2 Å². The second-order valence-corrected chi connectivity index (χ2v) is 19.1. The zero-order valence-corrected chi connectivity index (χ0v) is 39.7. The van der Waals surface area contributed by atoms with Gasteiger partial charge in [0.25, 0.3) is 20.2 Å². The van der Waals surface area contributed by atoms with Crippen LogP contribution in [0.4, 0.5) is 0 Å². The van der Waals surface area contributed by atoms with Gasteiger partial charge in [-0.25, -0.2) is 0 Å². The summed E-state index contributed by atoms with van der Waals surface area (Å²) in [4.78, 5) is 48.9. The molecule has 0 spiro atoms. The van der Waals surface area contributed by atoms with Crippen LogP contribution in [0.25, 0.3) is 0 Å². The van der Waals surface area contributed by atoms with Crippen LogP contribution in [0, 0.1) is 0 Å².